The molecule has 0 unspecified atom stereocenters. The van der Waals surface area contributed by atoms with E-state index in [1.807, 2.05) is 37.3 Å². The maximum Gasteiger partial charge on any atom is 0.329 e. The third-order valence-corrected chi connectivity index (χ3v) is 4.54. The van der Waals surface area contributed by atoms with Crippen molar-refractivity contribution in [3.05, 3.63) is 56.7 Å². The standard InChI is InChI=1S/C17H17N5O4S/c1-2-8-22-13(18)12(14(24)19-16(22)25)11(23)9-27-17-21-20-15(26-17)10-6-4-3-5-7-10/h3-7H,2,8-9,18H2,1H3,(H,19,24,25). The molecule has 0 bridgehead atoms. The van der Waals surface area contributed by atoms with Crippen LogP contribution in [0.1, 0.15) is 23.7 Å². The zero-order chi connectivity index (χ0) is 19.4. The van der Waals surface area contributed by atoms with E-state index < -0.39 is 17.0 Å². The van der Waals surface area contributed by atoms with E-state index in [1.165, 1.54) is 4.57 Å². The Labute approximate surface area is 157 Å². The van der Waals surface area contributed by atoms with E-state index >= 15 is 0 Å². The first-order valence-corrected chi connectivity index (χ1v) is 9.17. The first kappa shape index (κ1) is 18.6. The van der Waals surface area contributed by atoms with Crippen LogP contribution in [0.25, 0.3) is 11.5 Å². The molecule has 0 amide bonds. The van der Waals surface area contributed by atoms with Crippen molar-refractivity contribution in [3.8, 4) is 11.5 Å². The van der Waals surface area contributed by atoms with Crippen molar-refractivity contribution in [1.29, 1.82) is 0 Å². The van der Waals surface area contributed by atoms with Crippen molar-refractivity contribution in [1.82, 2.24) is 19.7 Å². The highest BCUT2D eigenvalue weighted by Crippen LogP contribution is 2.23. The van der Waals surface area contributed by atoms with E-state index in [-0.39, 0.29) is 22.4 Å². The predicted molar refractivity (Wildman–Crippen MR) is 101 cm³/mol. The van der Waals surface area contributed by atoms with Crippen LogP contribution in [-0.2, 0) is 6.54 Å². The molecule has 9 nitrogen and oxygen atoms in total. The Bertz CT molecular complexity index is 1070. The summed E-state index contributed by atoms with van der Waals surface area (Å²) < 4.78 is 6.69. The summed E-state index contributed by atoms with van der Waals surface area (Å²) in [6.07, 6.45) is 0.628. The Hall–Kier alpha value is -3.14. The molecular formula is C17H17N5O4S. The first-order valence-electron chi connectivity index (χ1n) is 8.18. The Balaban J connectivity index is 1.77. The molecule has 0 saturated heterocycles. The molecule has 0 aliphatic heterocycles. The van der Waals surface area contributed by atoms with E-state index in [4.69, 9.17) is 10.2 Å². The van der Waals surface area contributed by atoms with Crippen LogP contribution in [0.2, 0.25) is 0 Å². The van der Waals surface area contributed by atoms with Gasteiger partial charge in [-0.1, -0.05) is 36.9 Å². The fourth-order valence-corrected chi connectivity index (χ4v) is 3.10. The maximum atomic E-state index is 12.5. The van der Waals surface area contributed by atoms with Gasteiger partial charge in [-0.05, 0) is 18.6 Å². The summed E-state index contributed by atoms with van der Waals surface area (Å²) >= 11 is 0.994. The van der Waals surface area contributed by atoms with Gasteiger partial charge in [-0.2, -0.15) is 0 Å². The molecule has 27 heavy (non-hydrogen) atoms. The Kier molecular flexibility index (Phi) is 5.55. The van der Waals surface area contributed by atoms with E-state index in [2.05, 4.69) is 15.2 Å². The van der Waals surface area contributed by atoms with Crippen molar-refractivity contribution >= 4 is 23.4 Å². The van der Waals surface area contributed by atoms with Gasteiger partial charge in [-0.3, -0.25) is 19.1 Å². The minimum absolute atomic E-state index is 0.131. The van der Waals surface area contributed by atoms with E-state index in [0.717, 1.165) is 17.3 Å². The van der Waals surface area contributed by atoms with Crippen LogP contribution in [0.3, 0.4) is 0 Å². The average molecular weight is 387 g/mol. The summed E-state index contributed by atoms with van der Waals surface area (Å²) in [6.45, 7) is 2.16. The molecule has 0 aliphatic carbocycles. The molecule has 0 saturated carbocycles. The molecule has 0 fully saturated rings. The van der Waals surface area contributed by atoms with Crippen molar-refractivity contribution in [2.75, 3.05) is 11.5 Å². The van der Waals surface area contributed by atoms with Crippen molar-refractivity contribution < 1.29 is 9.21 Å². The molecule has 140 valence electrons. The summed E-state index contributed by atoms with van der Waals surface area (Å²) in [5, 5.41) is 8.01. The number of thioether (sulfide) groups is 1. The number of nitrogens with zero attached hydrogens (tertiary/aromatic N) is 3. The Morgan fingerprint density at radius 3 is 2.70 bits per heavy atom. The normalized spacial score (nSPS) is 10.9. The van der Waals surface area contributed by atoms with Crippen molar-refractivity contribution in [2.45, 2.75) is 25.1 Å². The van der Waals surface area contributed by atoms with Gasteiger partial charge < -0.3 is 10.2 Å². The molecule has 1 aromatic carbocycles. The number of aromatic nitrogens is 4. The van der Waals surface area contributed by atoms with Crippen LogP contribution in [0.5, 0.6) is 0 Å². The number of nitrogens with two attached hydrogens (primary N) is 1. The number of aromatic amines is 1. The summed E-state index contributed by atoms with van der Waals surface area (Å²) in [4.78, 5) is 38.5. The zero-order valence-electron chi connectivity index (χ0n) is 14.5. The number of H-pyrrole nitrogens is 1. The van der Waals surface area contributed by atoms with Crippen molar-refractivity contribution in [3.63, 3.8) is 0 Å². The highest BCUT2D eigenvalue weighted by Gasteiger charge is 2.20. The number of carbonyl (C=O) groups is 1. The molecule has 0 spiro atoms. The fraction of sp³-hybridized carbons (Fsp3) is 0.235. The van der Waals surface area contributed by atoms with Gasteiger partial charge in [0.1, 0.15) is 11.4 Å². The second kappa shape index (κ2) is 8.04. The number of hydrogen-bond acceptors (Lipinski definition) is 8. The quantitative estimate of drug-likeness (QED) is 0.460. The summed E-state index contributed by atoms with van der Waals surface area (Å²) in [7, 11) is 0. The van der Waals surface area contributed by atoms with Crippen molar-refractivity contribution in [2.24, 2.45) is 0 Å². The molecule has 2 heterocycles. The van der Waals surface area contributed by atoms with Gasteiger partial charge in [0.25, 0.3) is 10.8 Å². The van der Waals surface area contributed by atoms with Crippen LogP contribution in [0.4, 0.5) is 5.82 Å². The van der Waals surface area contributed by atoms with Gasteiger partial charge in [-0.25, -0.2) is 4.79 Å². The summed E-state index contributed by atoms with van der Waals surface area (Å²) in [6, 6.07) is 9.20. The second-order valence-electron chi connectivity index (χ2n) is 5.62. The lowest BCUT2D eigenvalue weighted by Gasteiger charge is -2.10. The van der Waals surface area contributed by atoms with Crippen LogP contribution >= 0.6 is 11.8 Å². The number of Topliss-reactive ketones (excluding diaryl/α,β-unsaturated/α-hetero) is 1. The lowest BCUT2D eigenvalue weighted by Crippen LogP contribution is -2.36. The highest BCUT2D eigenvalue weighted by atomic mass is 32.2. The fourth-order valence-electron chi connectivity index (χ4n) is 2.47. The minimum atomic E-state index is -0.800. The van der Waals surface area contributed by atoms with E-state index in [0.29, 0.717) is 18.9 Å². The van der Waals surface area contributed by atoms with Crippen LogP contribution in [-0.4, -0.2) is 31.3 Å². The molecule has 0 aliphatic rings. The monoisotopic (exact) mass is 387 g/mol. The highest BCUT2D eigenvalue weighted by molar-refractivity contribution is 7.99. The molecule has 3 rings (SSSR count). The number of nitrogen functional groups attached to an aromatic ring is 1. The topological polar surface area (TPSA) is 137 Å². The zero-order valence-corrected chi connectivity index (χ0v) is 15.3. The van der Waals surface area contributed by atoms with E-state index in [1.54, 1.807) is 0 Å². The average Bonchev–Trinajstić information content (AvgIpc) is 3.13. The van der Waals surface area contributed by atoms with Gasteiger partial charge >= 0.3 is 5.69 Å². The Morgan fingerprint density at radius 1 is 1.26 bits per heavy atom. The molecule has 10 heteroatoms. The smallest absolute Gasteiger partial charge is 0.329 e. The van der Waals surface area contributed by atoms with Gasteiger partial charge in [0.15, 0.2) is 5.78 Å². The second-order valence-corrected chi connectivity index (χ2v) is 6.55. The molecule has 3 N–H and O–H groups in total. The van der Waals surface area contributed by atoms with Crippen LogP contribution < -0.4 is 17.0 Å². The molecular weight excluding hydrogens is 370 g/mol. The van der Waals surface area contributed by atoms with Crippen LogP contribution in [0.15, 0.2) is 49.6 Å². The molecule has 0 radical (unpaired) electrons. The number of anilines is 1. The third-order valence-electron chi connectivity index (χ3n) is 3.72. The van der Waals surface area contributed by atoms with Gasteiger partial charge in [-0.15, -0.1) is 10.2 Å². The predicted octanol–water partition coefficient (Wildman–Crippen LogP) is 1.55. The lowest BCUT2D eigenvalue weighted by atomic mass is 10.2. The largest absolute Gasteiger partial charge is 0.411 e. The van der Waals surface area contributed by atoms with Gasteiger partial charge in [0, 0.05) is 12.1 Å². The maximum absolute atomic E-state index is 12.5. The number of benzene rings is 1. The number of hydrogen-bond donors (Lipinski definition) is 2. The van der Waals surface area contributed by atoms with Crippen LogP contribution in [0, 0.1) is 0 Å². The first-order chi connectivity index (χ1) is 13.0. The van der Waals surface area contributed by atoms with Gasteiger partial charge in [0.05, 0.1) is 5.75 Å². The Morgan fingerprint density at radius 2 is 2.00 bits per heavy atom. The number of carbonyl (C=O) groups excluding carboxylic acids is 1. The molecule has 2 aromatic heterocycles. The van der Waals surface area contributed by atoms with E-state index in [9.17, 15) is 14.4 Å². The minimum Gasteiger partial charge on any atom is -0.411 e. The SMILES string of the molecule is CCCn1c(N)c(C(=O)CSc2nnc(-c3ccccc3)o2)c(=O)[nH]c1=O. The number of ketones is 1. The number of nitrogens with one attached hydrogen (secondary N) is 1. The van der Waals surface area contributed by atoms with Gasteiger partial charge in [0.2, 0.25) is 5.89 Å². The number of rotatable bonds is 7. The third kappa shape index (κ3) is 4.00. The summed E-state index contributed by atoms with van der Waals surface area (Å²) in [5.41, 5.74) is 4.97. The molecule has 3 aromatic rings. The summed E-state index contributed by atoms with van der Waals surface area (Å²) in [5.74, 6) is -0.456. The lowest BCUT2D eigenvalue weighted by molar-refractivity contribution is 0.102. The molecule has 0 atom stereocenters.